The lowest BCUT2D eigenvalue weighted by molar-refractivity contribution is -0.132. The molecule has 118 valence electrons. The molecule has 1 amide bonds. The van der Waals surface area contributed by atoms with Gasteiger partial charge in [-0.15, -0.1) is 0 Å². The molecule has 1 aromatic heterocycles. The first-order valence-electron chi connectivity index (χ1n) is 7.69. The number of benzene rings is 1. The van der Waals surface area contributed by atoms with Gasteiger partial charge in [0.1, 0.15) is 0 Å². The first-order valence-corrected chi connectivity index (χ1v) is 8.06. The molecule has 0 bridgehead atoms. The Bertz CT molecular complexity index is 689. The molecule has 2 aromatic rings. The third-order valence-electron chi connectivity index (χ3n) is 4.56. The van der Waals surface area contributed by atoms with Gasteiger partial charge in [0.25, 0.3) is 0 Å². The third-order valence-corrected chi connectivity index (χ3v) is 4.80. The second-order valence-corrected chi connectivity index (χ2v) is 6.80. The highest BCUT2D eigenvalue weighted by Crippen LogP contribution is 2.30. The van der Waals surface area contributed by atoms with Crippen molar-refractivity contribution < 1.29 is 9.90 Å². The third kappa shape index (κ3) is 3.13. The Balaban J connectivity index is 1.71. The monoisotopic (exact) mass is 320 g/mol. The van der Waals surface area contributed by atoms with Gasteiger partial charge < -0.3 is 15.0 Å². The molecule has 0 saturated heterocycles. The molecule has 3 rings (SSSR count). The van der Waals surface area contributed by atoms with Gasteiger partial charge in [-0.1, -0.05) is 24.4 Å². The summed E-state index contributed by atoms with van der Waals surface area (Å²) in [5, 5.41) is 12.1. The smallest absolute Gasteiger partial charge is 0.226 e. The van der Waals surface area contributed by atoms with Gasteiger partial charge in [0, 0.05) is 35.7 Å². The van der Waals surface area contributed by atoms with E-state index in [1.54, 1.807) is 11.9 Å². The molecular formula is C17H21ClN2O2. The van der Waals surface area contributed by atoms with E-state index in [1.165, 1.54) is 0 Å². The SMILES string of the molecule is CN(CC1(O)CCCC1)C(=O)Cc1c[nH]c2ccc(Cl)cc12. The highest BCUT2D eigenvalue weighted by molar-refractivity contribution is 6.31. The van der Waals surface area contributed by atoms with Crippen LogP contribution in [-0.4, -0.2) is 40.1 Å². The zero-order chi connectivity index (χ0) is 15.7. The molecular weight excluding hydrogens is 300 g/mol. The number of H-pyrrole nitrogens is 1. The van der Waals surface area contributed by atoms with Crippen LogP contribution in [-0.2, 0) is 11.2 Å². The van der Waals surface area contributed by atoms with Gasteiger partial charge in [-0.05, 0) is 36.6 Å². The first-order chi connectivity index (χ1) is 10.5. The minimum atomic E-state index is -0.700. The van der Waals surface area contributed by atoms with E-state index in [4.69, 9.17) is 11.6 Å². The van der Waals surface area contributed by atoms with Crippen molar-refractivity contribution in [2.45, 2.75) is 37.7 Å². The Morgan fingerprint density at radius 3 is 2.86 bits per heavy atom. The number of hydrogen-bond acceptors (Lipinski definition) is 2. The minimum Gasteiger partial charge on any atom is -0.388 e. The van der Waals surface area contributed by atoms with E-state index in [2.05, 4.69) is 4.98 Å². The van der Waals surface area contributed by atoms with Gasteiger partial charge in [0.2, 0.25) is 5.91 Å². The second kappa shape index (κ2) is 5.94. The maximum absolute atomic E-state index is 12.4. The van der Waals surface area contributed by atoms with Crippen LogP contribution in [0.4, 0.5) is 0 Å². The van der Waals surface area contributed by atoms with Crippen LogP contribution < -0.4 is 0 Å². The number of aromatic nitrogens is 1. The molecule has 4 nitrogen and oxygen atoms in total. The normalized spacial score (nSPS) is 17.0. The van der Waals surface area contributed by atoms with Gasteiger partial charge in [-0.25, -0.2) is 0 Å². The molecule has 1 aliphatic rings. The Kier molecular flexibility index (Phi) is 4.15. The van der Waals surface area contributed by atoms with Crippen LogP contribution in [0.15, 0.2) is 24.4 Å². The zero-order valence-corrected chi connectivity index (χ0v) is 13.5. The summed E-state index contributed by atoms with van der Waals surface area (Å²) in [6.45, 7) is 0.412. The van der Waals surface area contributed by atoms with Gasteiger partial charge in [-0.3, -0.25) is 4.79 Å². The number of nitrogens with one attached hydrogen (secondary N) is 1. The largest absolute Gasteiger partial charge is 0.388 e. The summed E-state index contributed by atoms with van der Waals surface area (Å²) in [4.78, 5) is 17.2. The molecule has 22 heavy (non-hydrogen) atoms. The average molecular weight is 321 g/mol. The molecule has 0 atom stereocenters. The summed E-state index contributed by atoms with van der Waals surface area (Å²) in [5.41, 5.74) is 1.21. The highest BCUT2D eigenvalue weighted by Gasteiger charge is 2.33. The topological polar surface area (TPSA) is 56.3 Å². The fourth-order valence-corrected chi connectivity index (χ4v) is 3.49. The Morgan fingerprint density at radius 2 is 2.14 bits per heavy atom. The van der Waals surface area contributed by atoms with Gasteiger partial charge in [0.15, 0.2) is 0 Å². The van der Waals surface area contributed by atoms with Crippen molar-refractivity contribution in [3.63, 3.8) is 0 Å². The van der Waals surface area contributed by atoms with E-state index in [0.717, 1.165) is 42.1 Å². The van der Waals surface area contributed by atoms with E-state index in [9.17, 15) is 9.90 Å². The van der Waals surface area contributed by atoms with Crippen LogP contribution >= 0.6 is 11.6 Å². The van der Waals surface area contributed by atoms with Crippen LogP contribution in [0.25, 0.3) is 10.9 Å². The number of rotatable bonds is 4. The van der Waals surface area contributed by atoms with Crippen molar-refractivity contribution in [1.29, 1.82) is 0 Å². The van der Waals surface area contributed by atoms with E-state index >= 15 is 0 Å². The highest BCUT2D eigenvalue weighted by atomic mass is 35.5. The quantitative estimate of drug-likeness (QED) is 0.909. The predicted octanol–water partition coefficient (Wildman–Crippen LogP) is 3.13. The standard InChI is InChI=1S/C17H21ClN2O2/c1-20(11-17(22)6-2-3-7-17)16(21)8-12-10-19-15-5-4-13(18)9-14(12)15/h4-5,9-10,19,22H,2-3,6-8,11H2,1H3. The molecule has 1 saturated carbocycles. The number of carbonyl (C=O) groups is 1. The number of hydrogen-bond donors (Lipinski definition) is 2. The lowest BCUT2D eigenvalue weighted by Crippen LogP contribution is -2.42. The van der Waals surface area contributed by atoms with Crippen LogP contribution in [0.3, 0.4) is 0 Å². The first kappa shape index (κ1) is 15.4. The van der Waals surface area contributed by atoms with Crippen LogP contribution in [0.5, 0.6) is 0 Å². The van der Waals surface area contributed by atoms with Gasteiger partial charge >= 0.3 is 0 Å². The molecule has 0 spiro atoms. The van der Waals surface area contributed by atoms with E-state index < -0.39 is 5.60 Å². The summed E-state index contributed by atoms with van der Waals surface area (Å²) in [5.74, 6) is 0.0150. The maximum Gasteiger partial charge on any atom is 0.226 e. The number of amides is 1. The predicted molar refractivity (Wildman–Crippen MR) is 88.1 cm³/mol. The number of aromatic amines is 1. The molecule has 1 aromatic carbocycles. The maximum atomic E-state index is 12.4. The number of likely N-dealkylation sites (N-methyl/N-ethyl adjacent to an activating group) is 1. The number of carbonyl (C=O) groups excluding carboxylic acids is 1. The molecule has 0 unspecified atom stereocenters. The summed E-state index contributed by atoms with van der Waals surface area (Å²) < 4.78 is 0. The lowest BCUT2D eigenvalue weighted by atomic mass is 10.0. The minimum absolute atomic E-state index is 0.0150. The fourth-order valence-electron chi connectivity index (χ4n) is 3.32. The molecule has 0 aliphatic heterocycles. The lowest BCUT2D eigenvalue weighted by Gasteiger charge is -2.28. The Hall–Kier alpha value is -1.52. The van der Waals surface area contributed by atoms with Crippen LogP contribution in [0.1, 0.15) is 31.2 Å². The summed E-state index contributed by atoms with van der Waals surface area (Å²) in [6.07, 6.45) is 5.82. The van der Waals surface area contributed by atoms with Crippen molar-refractivity contribution in [2.75, 3.05) is 13.6 Å². The van der Waals surface area contributed by atoms with Crippen molar-refractivity contribution in [2.24, 2.45) is 0 Å². The van der Waals surface area contributed by atoms with E-state index in [-0.39, 0.29) is 5.91 Å². The molecule has 2 N–H and O–H groups in total. The Morgan fingerprint density at radius 1 is 1.41 bits per heavy atom. The molecule has 1 aliphatic carbocycles. The second-order valence-electron chi connectivity index (χ2n) is 6.36. The fraction of sp³-hybridized carbons (Fsp3) is 0.471. The van der Waals surface area contributed by atoms with Crippen molar-refractivity contribution in [3.8, 4) is 0 Å². The zero-order valence-electron chi connectivity index (χ0n) is 12.7. The van der Waals surface area contributed by atoms with Crippen molar-refractivity contribution in [3.05, 3.63) is 35.0 Å². The molecule has 0 radical (unpaired) electrons. The summed E-state index contributed by atoms with van der Waals surface area (Å²) >= 11 is 6.04. The Labute approximate surface area is 135 Å². The molecule has 5 heteroatoms. The van der Waals surface area contributed by atoms with Crippen molar-refractivity contribution >= 4 is 28.4 Å². The van der Waals surface area contributed by atoms with Gasteiger partial charge in [-0.2, -0.15) is 0 Å². The number of nitrogens with zero attached hydrogens (tertiary/aromatic N) is 1. The average Bonchev–Trinajstić information content (AvgIpc) is 3.06. The summed E-state index contributed by atoms with van der Waals surface area (Å²) in [7, 11) is 1.76. The number of fused-ring (bicyclic) bond motifs is 1. The molecule has 1 fully saturated rings. The van der Waals surface area contributed by atoms with Crippen molar-refractivity contribution in [1.82, 2.24) is 9.88 Å². The summed E-state index contributed by atoms with van der Waals surface area (Å²) in [6, 6.07) is 5.62. The van der Waals surface area contributed by atoms with Gasteiger partial charge in [0.05, 0.1) is 12.0 Å². The van der Waals surface area contributed by atoms with Crippen LogP contribution in [0, 0.1) is 0 Å². The number of halogens is 1. The van der Waals surface area contributed by atoms with E-state index in [0.29, 0.717) is 18.0 Å². The van der Waals surface area contributed by atoms with Crippen LogP contribution in [0.2, 0.25) is 5.02 Å². The van der Waals surface area contributed by atoms with E-state index in [1.807, 2.05) is 24.4 Å². The molecule has 1 heterocycles. The number of aliphatic hydroxyl groups is 1.